The first-order valence-electron chi connectivity index (χ1n) is 6.87. The van der Waals surface area contributed by atoms with E-state index in [2.05, 4.69) is 21.5 Å². The molecule has 1 N–H and O–H groups in total. The Labute approximate surface area is 114 Å². The molecule has 2 heterocycles. The fourth-order valence-electron chi connectivity index (χ4n) is 2.15. The van der Waals surface area contributed by atoms with Crippen molar-refractivity contribution in [2.75, 3.05) is 0 Å². The van der Waals surface area contributed by atoms with Crippen LogP contribution in [-0.2, 0) is 19.4 Å². The highest BCUT2D eigenvalue weighted by molar-refractivity contribution is 5.04. The summed E-state index contributed by atoms with van der Waals surface area (Å²) in [5.74, 6) is 0.968. The molecule has 0 amide bonds. The van der Waals surface area contributed by atoms with E-state index in [1.54, 1.807) is 12.4 Å². The molecule has 1 atom stereocenters. The Morgan fingerprint density at radius 1 is 1.26 bits per heavy atom. The maximum atomic E-state index is 10.1. The number of rotatable bonds is 7. The van der Waals surface area contributed by atoms with E-state index in [1.807, 2.05) is 24.4 Å². The van der Waals surface area contributed by atoms with Gasteiger partial charge in [0, 0.05) is 37.3 Å². The molecular weight excluding hydrogens is 238 g/mol. The van der Waals surface area contributed by atoms with E-state index in [-0.39, 0.29) is 6.10 Å². The minimum atomic E-state index is -0.361. The molecule has 102 valence electrons. The molecule has 19 heavy (non-hydrogen) atoms. The summed E-state index contributed by atoms with van der Waals surface area (Å²) in [4.78, 5) is 8.58. The predicted molar refractivity (Wildman–Crippen MR) is 74.8 cm³/mol. The van der Waals surface area contributed by atoms with Gasteiger partial charge in [-0.1, -0.05) is 13.0 Å². The van der Waals surface area contributed by atoms with Crippen molar-refractivity contribution in [3.05, 3.63) is 48.3 Å². The van der Waals surface area contributed by atoms with E-state index < -0.39 is 0 Å². The van der Waals surface area contributed by atoms with E-state index >= 15 is 0 Å². The number of nitrogens with zero attached hydrogens (tertiary/aromatic N) is 3. The molecule has 0 spiro atoms. The molecule has 0 aliphatic carbocycles. The van der Waals surface area contributed by atoms with E-state index in [1.165, 1.54) is 0 Å². The van der Waals surface area contributed by atoms with Crippen LogP contribution in [0.4, 0.5) is 0 Å². The van der Waals surface area contributed by atoms with E-state index in [9.17, 15) is 5.11 Å². The van der Waals surface area contributed by atoms with Gasteiger partial charge in [0.15, 0.2) is 0 Å². The summed E-state index contributed by atoms with van der Waals surface area (Å²) in [6.45, 7) is 3.10. The fraction of sp³-hybridized carbons (Fsp3) is 0.467. The lowest BCUT2D eigenvalue weighted by Gasteiger charge is -2.11. The van der Waals surface area contributed by atoms with Crippen LogP contribution in [0.2, 0.25) is 0 Å². The molecule has 2 aromatic heterocycles. The third kappa shape index (κ3) is 4.17. The first-order valence-corrected chi connectivity index (χ1v) is 6.87. The molecule has 0 fully saturated rings. The Bertz CT molecular complexity index is 481. The number of aliphatic hydroxyl groups is 1. The lowest BCUT2D eigenvalue weighted by molar-refractivity contribution is 0.161. The van der Waals surface area contributed by atoms with Crippen LogP contribution < -0.4 is 0 Å². The lowest BCUT2D eigenvalue weighted by Crippen LogP contribution is -2.16. The molecule has 4 heteroatoms. The van der Waals surface area contributed by atoms with Gasteiger partial charge >= 0.3 is 0 Å². The number of pyridine rings is 1. The van der Waals surface area contributed by atoms with Crippen LogP contribution in [0.15, 0.2) is 36.8 Å². The van der Waals surface area contributed by atoms with Crippen molar-refractivity contribution in [1.82, 2.24) is 14.5 Å². The summed E-state index contributed by atoms with van der Waals surface area (Å²) in [5.41, 5.74) is 1.03. The van der Waals surface area contributed by atoms with Crippen LogP contribution >= 0.6 is 0 Å². The number of hydrogen-bond donors (Lipinski definition) is 1. The molecule has 0 radical (unpaired) electrons. The Hall–Kier alpha value is -1.68. The smallest absolute Gasteiger partial charge is 0.111 e. The third-order valence-corrected chi connectivity index (χ3v) is 3.14. The van der Waals surface area contributed by atoms with Crippen molar-refractivity contribution < 1.29 is 5.11 Å². The molecule has 2 aromatic rings. The average molecular weight is 259 g/mol. The van der Waals surface area contributed by atoms with Crippen molar-refractivity contribution in [3.63, 3.8) is 0 Å². The number of aryl methyl sites for hydroxylation is 2. The van der Waals surface area contributed by atoms with Crippen LogP contribution in [0.3, 0.4) is 0 Å². The highest BCUT2D eigenvalue weighted by atomic mass is 16.3. The van der Waals surface area contributed by atoms with Gasteiger partial charge < -0.3 is 9.67 Å². The molecule has 0 aromatic carbocycles. The summed E-state index contributed by atoms with van der Waals surface area (Å²) < 4.78 is 2.12. The maximum absolute atomic E-state index is 10.1. The second-order valence-corrected chi connectivity index (χ2v) is 4.75. The average Bonchev–Trinajstić information content (AvgIpc) is 2.85. The second-order valence-electron chi connectivity index (χ2n) is 4.75. The molecule has 0 saturated carbocycles. The van der Waals surface area contributed by atoms with Gasteiger partial charge in [0.05, 0.1) is 6.10 Å². The summed E-state index contributed by atoms with van der Waals surface area (Å²) in [6, 6.07) is 5.87. The van der Waals surface area contributed by atoms with Gasteiger partial charge in [0.1, 0.15) is 5.82 Å². The molecular formula is C15H21N3O. The Morgan fingerprint density at radius 2 is 2.16 bits per heavy atom. The summed E-state index contributed by atoms with van der Waals surface area (Å²) in [7, 11) is 0. The number of aromatic nitrogens is 3. The molecule has 0 bridgehead atoms. The van der Waals surface area contributed by atoms with E-state index in [0.29, 0.717) is 6.42 Å². The van der Waals surface area contributed by atoms with Gasteiger partial charge in [-0.2, -0.15) is 0 Å². The van der Waals surface area contributed by atoms with Crippen molar-refractivity contribution >= 4 is 0 Å². The Balaban J connectivity index is 1.84. The van der Waals surface area contributed by atoms with Crippen molar-refractivity contribution in [1.29, 1.82) is 0 Å². The maximum Gasteiger partial charge on any atom is 0.111 e. The molecule has 4 nitrogen and oxygen atoms in total. The minimum Gasteiger partial charge on any atom is -0.393 e. The summed E-state index contributed by atoms with van der Waals surface area (Å²) in [5, 5.41) is 10.1. The van der Waals surface area contributed by atoms with Gasteiger partial charge in [-0.05, 0) is 31.4 Å². The molecule has 0 aliphatic heterocycles. The molecule has 0 saturated heterocycles. The summed E-state index contributed by atoms with van der Waals surface area (Å²) in [6.07, 6.45) is 8.41. The van der Waals surface area contributed by atoms with Gasteiger partial charge in [0.2, 0.25) is 0 Å². The van der Waals surface area contributed by atoms with Crippen LogP contribution in [0.1, 0.15) is 31.3 Å². The number of aliphatic hydroxyl groups excluding tert-OH is 1. The Kier molecular flexibility index (Phi) is 5.10. The fourth-order valence-corrected chi connectivity index (χ4v) is 2.15. The zero-order valence-electron chi connectivity index (χ0n) is 11.4. The van der Waals surface area contributed by atoms with Crippen LogP contribution in [0.25, 0.3) is 0 Å². The SMILES string of the molecule is CCCn1ccnc1CC(O)CCc1ccccn1. The first-order chi connectivity index (χ1) is 9.29. The van der Waals surface area contributed by atoms with Crippen molar-refractivity contribution in [3.8, 4) is 0 Å². The van der Waals surface area contributed by atoms with Gasteiger partial charge in [-0.25, -0.2) is 4.98 Å². The second kappa shape index (κ2) is 7.04. The Morgan fingerprint density at radius 3 is 2.89 bits per heavy atom. The molecule has 2 rings (SSSR count). The standard InChI is InChI=1S/C15H21N3O/c1-2-10-18-11-9-17-15(18)12-14(19)7-6-13-5-3-4-8-16-13/h3-5,8-9,11,14,19H,2,6-7,10,12H2,1H3. The summed E-state index contributed by atoms with van der Waals surface area (Å²) >= 11 is 0. The topological polar surface area (TPSA) is 50.9 Å². The van der Waals surface area contributed by atoms with Gasteiger partial charge in [-0.3, -0.25) is 4.98 Å². The van der Waals surface area contributed by atoms with Crippen molar-refractivity contribution in [2.45, 2.75) is 45.3 Å². The zero-order chi connectivity index (χ0) is 13.5. The van der Waals surface area contributed by atoms with Gasteiger partial charge in [-0.15, -0.1) is 0 Å². The molecule has 0 aliphatic rings. The lowest BCUT2D eigenvalue weighted by atomic mass is 10.1. The van der Waals surface area contributed by atoms with Gasteiger partial charge in [0.25, 0.3) is 0 Å². The zero-order valence-corrected chi connectivity index (χ0v) is 11.4. The minimum absolute atomic E-state index is 0.361. The highest BCUT2D eigenvalue weighted by Gasteiger charge is 2.10. The quantitative estimate of drug-likeness (QED) is 0.829. The van der Waals surface area contributed by atoms with E-state index in [0.717, 1.165) is 37.3 Å². The predicted octanol–water partition coefficient (Wildman–Crippen LogP) is 2.22. The molecule has 1 unspecified atom stereocenters. The first kappa shape index (κ1) is 13.7. The van der Waals surface area contributed by atoms with E-state index in [4.69, 9.17) is 0 Å². The van der Waals surface area contributed by atoms with Crippen LogP contribution in [-0.4, -0.2) is 25.7 Å². The largest absolute Gasteiger partial charge is 0.393 e. The monoisotopic (exact) mass is 259 g/mol. The van der Waals surface area contributed by atoms with Crippen molar-refractivity contribution in [2.24, 2.45) is 0 Å². The third-order valence-electron chi connectivity index (χ3n) is 3.14. The van der Waals surface area contributed by atoms with Crippen LogP contribution in [0.5, 0.6) is 0 Å². The van der Waals surface area contributed by atoms with Crippen LogP contribution in [0, 0.1) is 0 Å². The number of imidazole rings is 1. The highest BCUT2D eigenvalue weighted by Crippen LogP contribution is 2.08. The normalized spacial score (nSPS) is 12.5. The number of hydrogen-bond acceptors (Lipinski definition) is 3.